The molecule has 78 valence electrons. The number of halogens is 1. The fraction of sp³-hybridized carbons (Fsp3) is 0.444. The van der Waals surface area contributed by atoms with E-state index in [9.17, 15) is 0 Å². The Labute approximate surface area is 97.5 Å². The predicted octanol–water partition coefficient (Wildman–Crippen LogP) is 2.41. The maximum Gasteiger partial charge on any atom is 0.162 e. The van der Waals surface area contributed by atoms with Crippen LogP contribution in [0, 0.1) is 22.7 Å². The van der Waals surface area contributed by atoms with Crippen LogP contribution < -0.4 is 4.90 Å². The molecule has 0 aliphatic rings. The summed E-state index contributed by atoms with van der Waals surface area (Å²) in [7, 11) is 1.83. The van der Waals surface area contributed by atoms with E-state index in [2.05, 4.69) is 10.4 Å². The number of anilines is 1. The molecule has 0 aliphatic carbocycles. The molecule has 1 unspecified atom stereocenters. The van der Waals surface area contributed by atoms with Crippen LogP contribution in [0.15, 0.2) is 0 Å². The first-order valence-corrected chi connectivity index (χ1v) is 5.42. The maximum atomic E-state index is 8.89. The van der Waals surface area contributed by atoms with Crippen molar-refractivity contribution in [1.82, 2.24) is 4.37 Å². The minimum Gasteiger partial charge on any atom is -0.360 e. The first kappa shape index (κ1) is 11.8. The largest absolute Gasteiger partial charge is 0.360 e. The second-order valence-corrected chi connectivity index (χ2v) is 4.20. The van der Waals surface area contributed by atoms with Gasteiger partial charge in [0, 0.05) is 13.1 Å². The molecular weight excluding hydrogens is 232 g/mol. The molecule has 0 bridgehead atoms. The summed E-state index contributed by atoms with van der Waals surface area (Å²) in [5.41, 5.74) is 0.383. The molecule has 15 heavy (non-hydrogen) atoms. The highest BCUT2D eigenvalue weighted by molar-refractivity contribution is 7.10. The Hall–Kier alpha value is -1.30. The Morgan fingerprint density at radius 1 is 1.60 bits per heavy atom. The smallest absolute Gasteiger partial charge is 0.162 e. The van der Waals surface area contributed by atoms with Gasteiger partial charge >= 0.3 is 0 Å². The van der Waals surface area contributed by atoms with Crippen LogP contribution in [0.3, 0.4) is 0 Å². The molecule has 0 N–H and O–H groups in total. The van der Waals surface area contributed by atoms with Crippen LogP contribution in [-0.4, -0.2) is 17.5 Å². The van der Waals surface area contributed by atoms with Gasteiger partial charge in [-0.15, -0.1) is 0 Å². The molecule has 6 heteroatoms. The molecule has 4 nitrogen and oxygen atoms in total. The lowest BCUT2D eigenvalue weighted by atomic mass is 10.2. The molecule has 1 aromatic heterocycles. The van der Waals surface area contributed by atoms with Gasteiger partial charge in [0.15, 0.2) is 5.15 Å². The average Bonchev–Trinajstić information content (AvgIpc) is 2.58. The zero-order valence-corrected chi connectivity index (χ0v) is 9.93. The van der Waals surface area contributed by atoms with Crippen LogP contribution in [0.1, 0.15) is 18.9 Å². The highest BCUT2D eigenvalue weighted by Crippen LogP contribution is 2.31. The van der Waals surface area contributed by atoms with Crippen molar-refractivity contribution in [3.05, 3.63) is 10.7 Å². The van der Waals surface area contributed by atoms with Crippen LogP contribution in [-0.2, 0) is 0 Å². The maximum absolute atomic E-state index is 8.89. The third-order valence-electron chi connectivity index (χ3n) is 2.11. The monoisotopic (exact) mass is 240 g/mol. The van der Waals surface area contributed by atoms with Crippen molar-refractivity contribution in [3.8, 4) is 12.1 Å². The number of hydrogen-bond acceptors (Lipinski definition) is 5. The quantitative estimate of drug-likeness (QED) is 0.814. The second-order valence-electron chi connectivity index (χ2n) is 3.09. The third-order valence-corrected chi connectivity index (χ3v) is 3.43. The molecule has 0 amide bonds. The summed E-state index contributed by atoms with van der Waals surface area (Å²) in [6.07, 6.45) is 0.400. The molecule has 1 aromatic rings. The van der Waals surface area contributed by atoms with E-state index in [0.717, 1.165) is 0 Å². The van der Waals surface area contributed by atoms with Gasteiger partial charge in [0.2, 0.25) is 0 Å². The molecule has 0 saturated carbocycles. The van der Waals surface area contributed by atoms with Crippen molar-refractivity contribution in [2.75, 3.05) is 11.9 Å². The van der Waals surface area contributed by atoms with E-state index in [-0.39, 0.29) is 11.2 Å². The van der Waals surface area contributed by atoms with Gasteiger partial charge in [-0.2, -0.15) is 14.9 Å². The van der Waals surface area contributed by atoms with Crippen molar-refractivity contribution >= 4 is 28.1 Å². The third kappa shape index (κ3) is 2.38. The normalized spacial score (nSPS) is 11.5. The van der Waals surface area contributed by atoms with Crippen LogP contribution in [0.5, 0.6) is 0 Å². The molecule has 1 heterocycles. The number of nitriles is 2. The standard InChI is InChI=1S/C9H9ClN4S/c1-6(3-4-11)14(2)9-7(5-12)8(10)13-15-9/h6H,3H2,1-2H3. The van der Waals surface area contributed by atoms with E-state index < -0.39 is 0 Å². The lowest BCUT2D eigenvalue weighted by molar-refractivity contribution is 0.707. The van der Waals surface area contributed by atoms with E-state index in [1.807, 2.05) is 24.9 Å². The van der Waals surface area contributed by atoms with Gasteiger partial charge in [0.1, 0.15) is 16.6 Å². The topological polar surface area (TPSA) is 63.7 Å². The molecule has 1 rings (SSSR count). The van der Waals surface area contributed by atoms with Gasteiger partial charge in [0.05, 0.1) is 12.5 Å². The molecule has 0 saturated heterocycles. The van der Waals surface area contributed by atoms with E-state index in [1.165, 1.54) is 11.5 Å². The highest BCUT2D eigenvalue weighted by Gasteiger charge is 2.18. The Balaban J connectivity index is 2.97. The SMILES string of the molecule is CC(CC#N)N(C)c1snc(Cl)c1C#N. The van der Waals surface area contributed by atoms with Crippen molar-refractivity contribution in [2.24, 2.45) is 0 Å². The highest BCUT2D eigenvalue weighted by atomic mass is 35.5. The molecule has 0 fully saturated rings. The summed E-state index contributed by atoms with van der Waals surface area (Å²) >= 11 is 6.93. The first-order chi connectivity index (χ1) is 7.11. The number of aromatic nitrogens is 1. The first-order valence-electron chi connectivity index (χ1n) is 4.26. The summed E-state index contributed by atoms with van der Waals surface area (Å²) < 4.78 is 3.91. The van der Waals surface area contributed by atoms with Crippen molar-refractivity contribution < 1.29 is 0 Å². The molecule has 0 aliphatic heterocycles. The van der Waals surface area contributed by atoms with Crippen LogP contribution in [0.4, 0.5) is 5.00 Å². The summed E-state index contributed by atoms with van der Waals surface area (Å²) in [6, 6.07) is 4.14. The van der Waals surface area contributed by atoms with Crippen molar-refractivity contribution in [2.45, 2.75) is 19.4 Å². The lowest BCUT2D eigenvalue weighted by Crippen LogP contribution is -2.28. The van der Waals surface area contributed by atoms with E-state index >= 15 is 0 Å². The van der Waals surface area contributed by atoms with Crippen molar-refractivity contribution in [1.29, 1.82) is 10.5 Å². The van der Waals surface area contributed by atoms with Gasteiger partial charge in [-0.1, -0.05) is 11.6 Å². The van der Waals surface area contributed by atoms with Gasteiger partial charge in [0.25, 0.3) is 0 Å². The minimum absolute atomic E-state index is 0.0404. The van der Waals surface area contributed by atoms with Gasteiger partial charge in [-0.25, -0.2) is 0 Å². The van der Waals surface area contributed by atoms with Crippen molar-refractivity contribution in [3.63, 3.8) is 0 Å². The fourth-order valence-electron chi connectivity index (χ4n) is 1.07. The molecule has 0 spiro atoms. The van der Waals surface area contributed by atoms with E-state index in [1.54, 1.807) is 0 Å². The number of nitrogens with zero attached hydrogens (tertiary/aromatic N) is 4. The predicted molar refractivity (Wildman–Crippen MR) is 59.9 cm³/mol. The Morgan fingerprint density at radius 3 is 2.80 bits per heavy atom. The molecule has 0 aromatic carbocycles. The van der Waals surface area contributed by atoms with Gasteiger partial charge in [-0.05, 0) is 18.5 Å². The second kappa shape index (κ2) is 4.97. The Kier molecular flexibility index (Phi) is 3.90. The lowest BCUT2D eigenvalue weighted by Gasteiger charge is -2.22. The van der Waals surface area contributed by atoms with Crippen LogP contribution in [0.25, 0.3) is 0 Å². The molecule has 1 atom stereocenters. The minimum atomic E-state index is 0.0404. The average molecular weight is 241 g/mol. The van der Waals surface area contributed by atoms with Gasteiger partial charge in [-0.3, -0.25) is 0 Å². The summed E-state index contributed by atoms with van der Waals surface area (Å²) in [4.78, 5) is 1.85. The summed E-state index contributed by atoms with van der Waals surface area (Å²) in [5.74, 6) is 0. The van der Waals surface area contributed by atoms with Crippen LogP contribution in [0.2, 0.25) is 5.15 Å². The zero-order chi connectivity index (χ0) is 11.4. The fourth-order valence-corrected chi connectivity index (χ4v) is 2.16. The summed E-state index contributed by atoms with van der Waals surface area (Å²) in [5, 5.41) is 18.4. The Bertz CT molecular complexity index is 428. The zero-order valence-electron chi connectivity index (χ0n) is 8.36. The van der Waals surface area contributed by atoms with Gasteiger partial charge < -0.3 is 4.90 Å². The van der Waals surface area contributed by atoms with Crippen LogP contribution >= 0.6 is 23.1 Å². The molecule has 0 radical (unpaired) electrons. The van der Waals surface area contributed by atoms with E-state index in [4.69, 9.17) is 22.1 Å². The number of rotatable bonds is 3. The molecular formula is C9H9ClN4S. The Morgan fingerprint density at radius 2 is 2.27 bits per heavy atom. The summed E-state index contributed by atoms with van der Waals surface area (Å²) in [6.45, 7) is 1.91. The number of hydrogen-bond donors (Lipinski definition) is 0. The van der Waals surface area contributed by atoms with E-state index in [0.29, 0.717) is 17.0 Å².